The summed E-state index contributed by atoms with van der Waals surface area (Å²) in [6.45, 7) is 0.565. The molecule has 0 aromatic heterocycles. The molecule has 0 unspecified atom stereocenters. The van der Waals surface area contributed by atoms with Crippen LogP contribution in [-0.4, -0.2) is 62.6 Å². The third-order valence-corrected chi connectivity index (χ3v) is 5.75. The fourth-order valence-corrected chi connectivity index (χ4v) is 3.29. The summed E-state index contributed by atoms with van der Waals surface area (Å²) in [6.07, 6.45) is -0.141. The van der Waals surface area contributed by atoms with Crippen LogP contribution in [0.5, 0.6) is 0 Å². The molecular weight excluding hydrogens is 524 g/mol. The molecule has 0 spiro atoms. The number of rotatable bonds is 12. The largest absolute Gasteiger partial charge is 0.455 e. The summed E-state index contributed by atoms with van der Waals surface area (Å²) >= 11 is 11.0. The Bertz CT molecular complexity index is 901. The van der Waals surface area contributed by atoms with Gasteiger partial charge in [-0.15, -0.1) is 12.4 Å². The van der Waals surface area contributed by atoms with E-state index in [9.17, 15) is 27.2 Å². The quantitative estimate of drug-likeness (QED) is 0.204. The van der Waals surface area contributed by atoms with Crippen LogP contribution in [0.4, 0.5) is 4.39 Å². The molecule has 2 amide bonds. The summed E-state index contributed by atoms with van der Waals surface area (Å²) < 4.78 is 42.5. The summed E-state index contributed by atoms with van der Waals surface area (Å²) in [5, 5.41) is 4.81. The van der Waals surface area contributed by atoms with Gasteiger partial charge in [-0.25, -0.2) is 12.8 Å². The maximum Gasteiger partial charge on any atom is 0.306 e. The minimum Gasteiger partial charge on any atom is -0.455 e. The number of benzene rings is 1. The first-order valence-electron chi connectivity index (χ1n) is 9.54. The molecule has 0 aliphatic rings. The number of nitrogens with two attached hydrogens (primary N) is 1. The number of sulfone groups is 1. The van der Waals surface area contributed by atoms with Gasteiger partial charge in [0.2, 0.25) is 5.91 Å². The second-order valence-electron chi connectivity index (χ2n) is 7.00. The molecule has 188 valence electrons. The van der Waals surface area contributed by atoms with Crippen molar-refractivity contribution in [3.63, 3.8) is 0 Å². The van der Waals surface area contributed by atoms with Gasteiger partial charge in [0.05, 0.1) is 17.0 Å². The first kappa shape index (κ1) is 31.3. The van der Waals surface area contributed by atoms with Gasteiger partial charge in [-0.2, -0.15) is 0 Å². The van der Waals surface area contributed by atoms with Crippen molar-refractivity contribution in [1.29, 1.82) is 0 Å². The van der Waals surface area contributed by atoms with Crippen LogP contribution in [0.25, 0.3) is 0 Å². The van der Waals surface area contributed by atoms with Gasteiger partial charge in [-0.1, -0.05) is 35.3 Å². The van der Waals surface area contributed by atoms with Crippen molar-refractivity contribution in [2.24, 2.45) is 5.73 Å². The molecule has 0 radical (unpaired) electrons. The van der Waals surface area contributed by atoms with E-state index in [1.165, 1.54) is 31.2 Å². The zero-order valence-corrected chi connectivity index (χ0v) is 21.1. The maximum absolute atomic E-state index is 13.8. The van der Waals surface area contributed by atoms with Gasteiger partial charge in [0.15, 0.2) is 14.7 Å². The fraction of sp³-hybridized carbons (Fsp3) is 0.526. The molecule has 0 saturated heterocycles. The van der Waals surface area contributed by atoms with Gasteiger partial charge in [0, 0.05) is 19.2 Å². The van der Waals surface area contributed by atoms with E-state index in [4.69, 9.17) is 33.7 Å². The lowest BCUT2D eigenvalue weighted by molar-refractivity contribution is -0.152. The molecule has 3 atom stereocenters. The number of alkyl halides is 3. The van der Waals surface area contributed by atoms with Crippen LogP contribution in [0.1, 0.15) is 31.4 Å². The number of hydrogen-bond acceptors (Lipinski definition) is 7. The molecule has 1 aromatic carbocycles. The summed E-state index contributed by atoms with van der Waals surface area (Å²) in [4.78, 5) is 34.1. The fourth-order valence-electron chi connectivity index (χ4n) is 2.53. The number of amides is 2. The molecular formula is C19H27Cl3FN3O6S. The average molecular weight is 551 g/mol. The Labute approximate surface area is 208 Å². The molecule has 0 bridgehead atoms. The summed E-state index contributed by atoms with van der Waals surface area (Å²) in [5.41, 5.74) is 5.67. The molecule has 33 heavy (non-hydrogen) atoms. The summed E-state index contributed by atoms with van der Waals surface area (Å²) in [7, 11) is -3.48. The number of halogens is 4. The second-order valence-corrected chi connectivity index (χ2v) is 10.1. The number of carbonyl (C=O) groups excluding carboxylic acids is 3. The Morgan fingerprint density at radius 1 is 1.15 bits per heavy atom. The Balaban J connectivity index is 0.0000102. The van der Waals surface area contributed by atoms with Crippen molar-refractivity contribution in [2.45, 2.75) is 47.7 Å². The SMILES string of the molecule is C[C@@H](N)C(=O)NCCCC(=O)O[C@H](c1ccc(S(C)(=O)=O)cc1)[C@@H](CF)NC(=O)C(Cl)Cl.Cl. The Kier molecular flexibility index (Phi) is 13.8. The molecule has 0 aliphatic carbocycles. The van der Waals surface area contributed by atoms with E-state index in [-0.39, 0.29) is 48.2 Å². The Hall–Kier alpha value is -1.66. The lowest BCUT2D eigenvalue weighted by atomic mass is 10.0. The standard InChI is InChI=1S/C19H26Cl2FN3O6S.ClH/c1-11(23)18(27)24-9-3-4-15(26)31-16(14(10-22)25-19(28)17(20)21)12-5-7-13(8-6-12)32(2,29)30;/h5-8,11,14,16-17H,3-4,9-10,23H2,1-2H3,(H,24,27)(H,25,28);1H/t11-,14-,16-;/m1./s1. The van der Waals surface area contributed by atoms with Gasteiger partial charge >= 0.3 is 5.97 Å². The molecule has 1 aromatic rings. The predicted molar refractivity (Wildman–Crippen MR) is 125 cm³/mol. The topological polar surface area (TPSA) is 145 Å². The highest BCUT2D eigenvalue weighted by atomic mass is 35.5. The third kappa shape index (κ3) is 10.9. The van der Waals surface area contributed by atoms with Crippen LogP contribution >= 0.6 is 35.6 Å². The molecule has 9 nitrogen and oxygen atoms in total. The van der Waals surface area contributed by atoms with E-state index in [0.717, 1.165) is 6.26 Å². The van der Waals surface area contributed by atoms with Gasteiger partial charge in [-0.3, -0.25) is 14.4 Å². The van der Waals surface area contributed by atoms with Crippen molar-refractivity contribution in [2.75, 3.05) is 19.5 Å². The van der Waals surface area contributed by atoms with E-state index < -0.39 is 51.4 Å². The minimum atomic E-state index is -3.48. The van der Waals surface area contributed by atoms with E-state index in [1.807, 2.05) is 0 Å². The molecule has 0 saturated carbocycles. The molecule has 4 N–H and O–H groups in total. The van der Waals surface area contributed by atoms with Crippen molar-refractivity contribution < 1.29 is 31.9 Å². The highest BCUT2D eigenvalue weighted by Gasteiger charge is 2.30. The summed E-state index contributed by atoms with van der Waals surface area (Å²) in [5.74, 6) is -1.99. The van der Waals surface area contributed by atoms with Crippen LogP contribution in [0, 0.1) is 0 Å². The van der Waals surface area contributed by atoms with Crippen LogP contribution < -0.4 is 16.4 Å². The van der Waals surface area contributed by atoms with Crippen molar-refractivity contribution in [3.8, 4) is 0 Å². The molecule has 0 fully saturated rings. The van der Waals surface area contributed by atoms with E-state index in [1.54, 1.807) is 0 Å². The maximum atomic E-state index is 13.8. The monoisotopic (exact) mass is 549 g/mol. The van der Waals surface area contributed by atoms with E-state index >= 15 is 0 Å². The third-order valence-electron chi connectivity index (χ3n) is 4.22. The highest BCUT2D eigenvalue weighted by Crippen LogP contribution is 2.25. The van der Waals surface area contributed by atoms with Gasteiger partial charge < -0.3 is 21.1 Å². The summed E-state index contributed by atoms with van der Waals surface area (Å²) in [6, 6.07) is 3.24. The number of carbonyl (C=O) groups is 3. The lowest BCUT2D eigenvalue weighted by Crippen LogP contribution is -2.44. The molecule has 0 heterocycles. The Morgan fingerprint density at radius 2 is 1.73 bits per heavy atom. The first-order valence-corrected chi connectivity index (χ1v) is 12.3. The van der Waals surface area contributed by atoms with Gasteiger partial charge in [-0.05, 0) is 31.0 Å². The van der Waals surface area contributed by atoms with Crippen LogP contribution in [0.15, 0.2) is 29.2 Å². The number of ether oxygens (including phenoxy) is 1. The first-order chi connectivity index (χ1) is 14.9. The second kappa shape index (κ2) is 14.6. The minimum absolute atomic E-state index is 0. The number of hydrogen-bond donors (Lipinski definition) is 3. The zero-order chi connectivity index (χ0) is 24.5. The smallest absolute Gasteiger partial charge is 0.306 e. The van der Waals surface area contributed by atoms with E-state index in [0.29, 0.717) is 0 Å². The average Bonchev–Trinajstić information content (AvgIpc) is 2.72. The highest BCUT2D eigenvalue weighted by molar-refractivity contribution is 7.90. The number of nitrogens with one attached hydrogen (secondary N) is 2. The molecule has 14 heteroatoms. The predicted octanol–water partition coefficient (Wildman–Crippen LogP) is 1.60. The van der Waals surface area contributed by atoms with Crippen molar-refractivity contribution >= 4 is 63.2 Å². The zero-order valence-electron chi connectivity index (χ0n) is 17.9. The van der Waals surface area contributed by atoms with Gasteiger partial charge in [0.25, 0.3) is 5.91 Å². The lowest BCUT2D eigenvalue weighted by Gasteiger charge is -2.27. The van der Waals surface area contributed by atoms with Crippen molar-refractivity contribution in [3.05, 3.63) is 29.8 Å². The van der Waals surface area contributed by atoms with Crippen LogP contribution in [0.3, 0.4) is 0 Å². The molecule has 1 rings (SSSR count). The van der Waals surface area contributed by atoms with Gasteiger partial charge in [0.1, 0.15) is 12.8 Å². The molecule has 0 aliphatic heterocycles. The Morgan fingerprint density at radius 3 is 2.18 bits per heavy atom. The van der Waals surface area contributed by atoms with Crippen LogP contribution in [-0.2, 0) is 29.0 Å². The van der Waals surface area contributed by atoms with Crippen molar-refractivity contribution in [1.82, 2.24) is 10.6 Å². The van der Waals surface area contributed by atoms with Crippen LogP contribution in [0.2, 0.25) is 0 Å². The normalized spacial score (nSPS) is 13.9. The van der Waals surface area contributed by atoms with E-state index in [2.05, 4.69) is 10.6 Å². The number of esters is 1.